The second kappa shape index (κ2) is 11.5. The number of aromatic nitrogens is 2. The molecule has 1 aliphatic heterocycles. The molecule has 0 spiro atoms. The standard InChI is InChI=1S/C30H31N5O4/c1-39-23-8-9-24-25(21-11-14-32-15-12-21)18-29(37)35(27(24)17-23)19-20-4-6-22(7-5-20)33-30(38)26-3-2-16-34(26)28(36)10-13-31/h4-9,11-12,14-15,17-18,26H,2-3,10,13,16,19,31H2,1H3,(H,33,38)/t26-/m0/s1. The third-order valence-corrected chi connectivity index (χ3v) is 7.11. The molecule has 2 aromatic heterocycles. The van der Waals surface area contributed by atoms with Crippen LogP contribution in [0.5, 0.6) is 5.75 Å². The fourth-order valence-corrected chi connectivity index (χ4v) is 5.13. The summed E-state index contributed by atoms with van der Waals surface area (Å²) in [6, 6.07) is 18.0. The molecule has 1 saturated heterocycles. The van der Waals surface area contributed by atoms with Crippen molar-refractivity contribution < 1.29 is 14.3 Å². The van der Waals surface area contributed by atoms with Crippen molar-refractivity contribution in [3.05, 3.63) is 89.0 Å². The van der Waals surface area contributed by atoms with E-state index in [1.807, 2.05) is 54.6 Å². The van der Waals surface area contributed by atoms with Crippen molar-refractivity contribution in [3.8, 4) is 16.9 Å². The largest absolute Gasteiger partial charge is 0.497 e. The zero-order valence-corrected chi connectivity index (χ0v) is 21.8. The van der Waals surface area contributed by atoms with E-state index >= 15 is 0 Å². The number of fused-ring (bicyclic) bond motifs is 1. The number of nitrogens with zero attached hydrogens (tertiary/aromatic N) is 3. The van der Waals surface area contributed by atoms with Gasteiger partial charge in [-0.2, -0.15) is 0 Å². The summed E-state index contributed by atoms with van der Waals surface area (Å²) in [5, 5.41) is 3.86. The summed E-state index contributed by atoms with van der Waals surface area (Å²) in [6.45, 7) is 1.18. The summed E-state index contributed by atoms with van der Waals surface area (Å²) >= 11 is 0. The number of hydrogen-bond acceptors (Lipinski definition) is 6. The molecule has 1 aliphatic rings. The molecule has 200 valence electrons. The van der Waals surface area contributed by atoms with E-state index in [1.54, 1.807) is 35.0 Å². The fraction of sp³-hybridized carbons (Fsp3) is 0.267. The number of benzene rings is 2. The number of methoxy groups -OCH3 is 1. The number of nitrogens with two attached hydrogens (primary N) is 1. The molecular formula is C30H31N5O4. The lowest BCUT2D eigenvalue weighted by atomic mass is 10.0. The van der Waals surface area contributed by atoms with E-state index in [-0.39, 0.29) is 30.3 Å². The maximum absolute atomic E-state index is 13.3. The van der Waals surface area contributed by atoms with Gasteiger partial charge in [0.05, 0.1) is 19.2 Å². The van der Waals surface area contributed by atoms with E-state index in [1.165, 1.54) is 0 Å². The summed E-state index contributed by atoms with van der Waals surface area (Å²) in [5.74, 6) is 0.368. The first-order valence-corrected chi connectivity index (χ1v) is 13.0. The molecule has 0 saturated carbocycles. The lowest BCUT2D eigenvalue weighted by Crippen LogP contribution is -2.43. The molecule has 1 atom stereocenters. The maximum atomic E-state index is 13.3. The van der Waals surface area contributed by atoms with Crippen LogP contribution in [-0.4, -0.2) is 52.5 Å². The lowest BCUT2D eigenvalue weighted by Gasteiger charge is -2.24. The molecule has 0 unspecified atom stereocenters. The predicted molar refractivity (Wildman–Crippen MR) is 151 cm³/mol. The Balaban J connectivity index is 1.39. The minimum Gasteiger partial charge on any atom is -0.497 e. The molecule has 3 N–H and O–H groups in total. The van der Waals surface area contributed by atoms with Crippen LogP contribution in [0, 0.1) is 0 Å². The van der Waals surface area contributed by atoms with Gasteiger partial charge in [-0.05, 0) is 65.9 Å². The zero-order valence-electron chi connectivity index (χ0n) is 21.8. The molecule has 0 aliphatic carbocycles. The predicted octanol–water partition coefficient (Wildman–Crippen LogP) is 3.40. The summed E-state index contributed by atoms with van der Waals surface area (Å²) in [5.41, 5.74) is 9.42. The average Bonchev–Trinajstić information content (AvgIpc) is 3.46. The van der Waals surface area contributed by atoms with Gasteiger partial charge in [0, 0.05) is 55.1 Å². The van der Waals surface area contributed by atoms with Gasteiger partial charge in [0.2, 0.25) is 11.8 Å². The lowest BCUT2D eigenvalue weighted by molar-refractivity contribution is -0.136. The molecule has 39 heavy (non-hydrogen) atoms. The normalized spacial score (nSPS) is 14.9. The van der Waals surface area contributed by atoms with Gasteiger partial charge in [-0.1, -0.05) is 12.1 Å². The minimum atomic E-state index is -0.484. The molecule has 4 aromatic rings. The van der Waals surface area contributed by atoms with Crippen LogP contribution in [0.25, 0.3) is 22.0 Å². The number of rotatable bonds is 8. The highest BCUT2D eigenvalue weighted by molar-refractivity contribution is 5.98. The van der Waals surface area contributed by atoms with Crippen molar-refractivity contribution in [2.75, 3.05) is 25.5 Å². The number of amides is 2. The first-order chi connectivity index (χ1) is 19.0. The van der Waals surface area contributed by atoms with Crippen LogP contribution in [0.3, 0.4) is 0 Å². The van der Waals surface area contributed by atoms with E-state index in [0.717, 1.165) is 34.0 Å². The topological polar surface area (TPSA) is 120 Å². The maximum Gasteiger partial charge on any atom is 0.251 e. The number of carbonyl (C=O) groups is 2. The van der Waals surface area contributed by atoms with Gasteiger partial charge in [0.25, 0.3) is 5.56 Å². The van der Waals surface area contributed by atoms with Crippen molar-refractivity contribution >= 4 is 28.4 Å². The van der Waals surface area contributed by atoms with Crippen molar-refractivity contribution in [3.63, 3.8) is 0 Å². The van der Waals surface area contributed by atoms with Gasteiger partial charge in [-0.3, -0.25) is 19.4 Å². The van der Waals surface area contributed by atoms with Crippen molar-refractivity contribution in [2.45, 2.75) is 31.8 Å². The Morgan fingerprint density at radius 2 is 1.85 bits per heavy atom. The summed E-state index contributed by atoms with van der Waals surface area (Å²) in [4.78, 5) is 44.3. The summed E-state index contributed by atoms with van der Waals surface area (Å²) in [6.07, 6.45) is 5.08. The number of likely N-dealkylation sites (tertiary alicyclic amines) is 1. The Hall–Kier alpha value is -4.50. The highest BCUT2D eigenvalue weighted by atomic mass is 16.5. The van der Waals surface area contributed by atoms with Crippen LogP contribution < -0.4 is 21.3 Å². The number of carbonyl (C=O) groups excluding carboxylic acids is 2. The average molecular weight is 526 g/mol. The number of pyridine rings is 2. The Labute approximate surface area is 226 Å². The van der Waals surface area contributed by atoms with E-state index in [4.69, 9.17) is 10.5 Å². The molecule has 9 nitrogen and oxygen atoms in total. The van der Waals surface area contributed by atoms with Gasteiger partial charge in [-0.25, -0.2) is 0 Å². The van der Waals surface area contributed by atoms with E-state index < -0.39 is 6.04 Å². The molecule has 1 fully saturated rings. The quantitative estimate of drug-likeness (QED) is 0.364. The highest BCUT2D eigenvalue weighted by Gasteiger charge is 2.33. The highest BCUT2D eigenvalue weighted by Crippen LogP contribution is 2.30. The summed E-state index contributed by atoms with van der Waals surface area (Å²) < 4.78 is 7.17. The molecule has 0 radical (unpaired) electrons. The Kier molecular flexibility index (Phi) is 7.69. The molecule has 0 bridgehead atoms. The molecule has 5 rings (SSSR count). The number of hydrogen-bond donors (Lipinski definition) is 2. The SMILES string of the molecule is COc1ccc2c(-c3ccncc3)cc(=O)n(Cc3ccc(NC(=O)[C@@H]4CCCN4C(=O)CCN)cc3)c2c1. The number of nitrogens with one attached hydrogen (secondary N) is 1. The summed E-state index contributed by atoms with van der Waals surface area (Å²) in [7, 11) is 1.60. The Bertz CT molecular complexity index is 1550. The van der Waals surface area contributed by atoms with Gasteiger partial charge in [0.15, 0.2) is 0 Å². The second-order valence-corrected chi connectivity index (χ2v) is 9.57. The first-order valence-electron chi connectivity index (χ1n) is 13.0. The second-order valence-electron chi connectivity index (χ2n) is 9.57. The molecule has 2 aromatic carbocycles. The van der Waals surface area contributed by atoms with Crippen LogP contribution in [0.15, 0.2) is 77.9 Å². The smallest absolute Gasteiger partial charge is 0.251 e. The molecule has 3 heterocycles. The van der Waals surface area contributed by atoms with Crippen LogP contribution >= 0.6 is 0 Å². The third-order valence-electron chi connectivity index (χ3n) is 7.11. The van der Waals surface area contributed by atoms with Gasteiger partial charge in [0.1, 0.15) is 11.8 Å². The van der Waals surface area contributed by atoms with E-state index in [2.05, 4.69) is 10.3 Å². The van der Waals surface area contributed by atoms with Crippen LogP contribution in [0.1, 0.15) is 24.8 Å². The first kappa shape index (κ1) is 26.1. The van der Waals surface area contributed by atoms with Crippen molar-refractivity contribution in [1.82, 2.24) is 14.5 Å². The van der Waals surface area contributed by atoms with Crippen LogP contribution in [0.4, 0.5) is 5.69 Å². The van der Waals surface area contributed by atoms with Crippen molar-refractivity contribution in [2.24, 2.45) is 5.73 Å². The van der Waals surface area contributed by atoms with E-state index in [0.29, 0.717) is 30.9 Å². The fourth-order valence-electron chi connectivity index (χ4n) is 5.13. The van der Waals surface area contributed by atoms with Gasteiger partial charge < -0.3 is 25.3 Å². The van der Waals surface area contributed by atoms with Crippen LogP contribution in [-0.2, 0) is 16.1 Å². The monoisotopic (exact) mass is 525 g/mol. The van der Waals surface area contributed by atoms with Crippen molar-refractivity contribution in [1.29, 1.82) is 0 Å². The van der Waals surface area contributed by atoms with Gasteiger partial charge >= 0.3 is 0 Å². The number of anilines is 1. The zero-order chi connectivity index (χ0) is 27.4. The molecule has 9 heteroatoms. The van der Waals surface area contributed by atoms with Crippen LogP contribution in [0.2, 0.25) is 0 Å². The number of ether oxygens (including phenoxy) is 1. The molecule has 2 amide bonds. The Morgan fingerprint density at radius 3 is 2.56 bits per heavy atom. The Morgan fingerprint density at radius 1 is 1.08 bits per heavy atom. The van der Waals surface area contributed by atoms with Gasteiger partial charge in [-0.15, -0.1) is 0 Å². The minimum absolute atomic E-state index is 0.0882. The third kappa shape index (κ3) is 5.53. The molecular weight excluding hydrogens is 494 g/mol. The van der Waals surface area contributed by atoms with E-state index in [9.17, 15) is 14.4 Å².